The number of halogens is 1. The predicted octanol–water partition coefficient (Wildman–Crippen LogP) is 1.57. The minimum atomic E-state index is -1.07. The van der Waals surface area contributed by atoms with Crippen molar-refractivity contribution in [2.75, 3.05) is 13.7 Å². The molecule has 7 heteroatoms. The van der Waals surface area contributed by atoms with E-state index in [0.29, 0.717) is 20.6 Å². The van der Waals surface area contributed by atoms with Crippen molar-refractivity contribution in [3.8, 4) is 11.5 Å². The number of aliphatic carboxylic acids is 1. The molecular weight excluding hydrogens is 341 g/mol. The van der Waals surface area contributed by atoms with E-state index in [4.69, 9.17) is 19.8 Å². The molecule has 92 valence electrons. The monoisotopic (exact) mass is 351 g/mol. The Morgan fingerprint density at radius 3 is 2.82 bits per heavy atom. The molecule has 17 heavy (non-hydrogen) atoms. The molecule has 0 heterocycles. The molecule has 0 aliphatic heterocycles. The average molecular weight is 351 g/mol. The number of carboxylic acid groups (broad SMARTS) is 1. The van der Waals surface area contributed by atoms with Gasteiger partial charge in [0.1, 0.15) is 0 Å². The van der Waals surface area contributed by atoms with Gasteiger partial charge in [-0.2, -0.15) is 0 Å². The van der Waals surface area contributed by atoms with Crippen molar-refractivity contribution in [2.45, 2.75) is 0 Å². The minimum Gasteiger partial charge on any atom is -0.493 e. The SMILES string of the molecule is COc1cc(/C=N/O)cc(I)c1OCC(=O)O. The zero-order valence-corrected chi connectivity index (χ0v) is 11.0. The molecule has 1 rings (SSSR count). The molecule has 0 unspecified atom stereocenters. The molecule has 1 aromatic carbocycles. The number of methoxy groups -OCH3 is 1. The fourth-order valence-electron chi connectivity index (χ4n) is 1.15. The first-order valence-corrected chi connectivity index (χ1v) is 5.56. The lowest BCUT2D eigenvalue weighted by Crippen LogP contribution is -2.11. The molecular formula is C10H10INO5. The molecule has 1 aromatic rings. The number of carbonyl (C=O) groups is 1. The number of ether oxygens (including phenoxy) is 2. The normalized spacial score (nSPS) is 10.5. The smallest absolute Gasteiger partial charge is 0.341 e. The van der Waals surface area contributed by atoms with Gasteiger partial charge in [0.15, 0.2) is 18.1 Å². The van der Waals surface area contributed by atoms with Crippen LogP contribution in [0.25, 0.3) is 0 Å². The molecule has 0 bridgehead atoms. The van der Waals surface area contributed by atoms with Gasteiger partial charge in [-0.25, -0.2) is 4.79 Å². The van der Waals surface area contributed by atoms with Gasteiger partial charge < -0.3 is 19.8 Å². The van der Waals surface area contributed by atoms with Crippen molar-refractivity contribution in [3.63, 3.8) is 0 Å². The van der Waals surface area contributed by atoms with Crippen LogP contribution in [0.15, 0.2) is 17.3 Å². The van der Waals surface area contributed by atoms with Crippen LogP contribution >= 0.6 is 22.6 Å². The highest BCUT2D eigenvalue weighted by Crippen LogP contribution is 2.33. The van der Waals surface area contributed by atoms with E-state index >= 15 is 0 Å². The van der Waals surface area contributed by atoms with Crippen LogP contribution in [0.3, 0.4) is 0 Å². The molecule has 0 saturated heterocycles. The standard InChI is InChI=1S/C10H10INO5/c1-16-8-3-6(4-12-15)2-7(11)10(8)17-5-9(13)14/h2-4,15H,5H2,1H3,(H,13,14)/b12-4+. The van der Waals surface area contributed by atoms with Gasteiger partial charge >= 0.3 is 5.97 Å². The van der Waals surface area contributed by atoms with E-state index in [1.54, 1.807) is 12.1 Å². The summed E-state index contributed by atoms with van der Waals surface area (Å²) in [4.78, 5) is 10.4. The van der Waals surface area contributed by atoms with E-state index in [1.807, 2.05) is 22.6 Å². The summed E-state index contributed by atoms with van der Waals surface area (Å²) in [5, 5.41) is 19.9. The fourth-order valence-corrected chi connectivity index (χ4v) is 1.94. The summed E-state index contributed by atoms with van der Waals surface area (Å²) in [6.07, 6.45) is 1.24. The number of hydrogen-bond donors (Lipinski definition) is 2. The van der Waals surface area contributed by atoms with Gasteiger partial charge in [0.05, 0.1) is 16.9 Å². The van der Waals surface area contributed by atoms with E-state index < -0.39 is 12.6 Å². The summed E-state index contributed by atoms with van der Waals surface area (Å²) >= 11 is 1.98. The predicted molar refractivity (Wildman–Crippen MR) is 68.2 cm³/mol. The molecule has 0 amide bonds. The van der Waals surface area contributed by atoms with Crippen LogP contribution in [0.4, 0.5) is 0 Å². The van der Waals surface area contributed by atoms with Crippen molar-refractivity contribution in [1.29, 1.82) is 0 Å². The molecule has 0 fully saturated rings. The zero-order valence-electron chi connectivity index (χ0n) is 8.88. The summed E-state index contributed by atoms with van der Waals surface area (Å²) in [6.45, 7) is -0.445. The van der Waals surface area contributed by atoms with Gasteiger partial charge in [-0.15, -0.1) is 0 Å². The topological polar surface area (TPSA) is 88.4 Å². The van der Waals surface area contributed by atoms with Gasteiger partial charge in [0.25, 0.3) is 0 Å². The number of nitrogens with zero attached hydrogens (tertiary/aromatic N) is 1. The number of carboxylic acids is 1. The quantitative estimate of drug-likeness (QED) is 0.364. The van der Waals surface area contributed by atoms with Crippen LogP contribution in [0.1, 0.15) is 5.56 Å². The Balaban J connectivity index is 3.07. The highest BCUT2D eigenvalue weighted by Gasteiger charge is 2.12. The first kappa shape index (κ1) is 13.6. The molecule has 0 aromatic heterocycles. The Labute approximate surface area is 111 Å². The van der Waals surface area contributed by atoms with Crippen LogP contribution in [-0.4, -0.2) is 36.2 Å². The van der Waals surface area contributed by atoms with E-state index in [-0.39, 0.29) is 0 Å². The largest absolute Gasteiger partial charge is 0.493 e. The molecule has 0 spiro atoms. The van der Waals surface area contributed by atoms with Gasteiger partial charge in [-0.1, -0.05) is 5.16 Å². The summed E-state index contributed by atoms with van der Waals surface area (Å²) in [5.41, 5.74) is 0.622. The molecule has 0 aliphatic carbocycles. The first-order chi connectivity index (χ1) is 8.08. The fraction of sp³-hybridized carbons (Fsp3) is 0.200. The van der Waals surface area contributed by atoms with Crippen LogP contribution in [0.2, 0.25) is 0 Å². The van der Waals surface area contributed by atoms with E-state index in [9.17, 15) is 4.79 Å². The van der Waals surface area contributed by atoms with Gasteiger partial charge in [0.2, 0.25) is 0 Å². The molecule has 0 radical (unpaired) electrons. The Kier molecular flexibility index (Phi) is 5.01. The zero-order chi connectivity index (χ0) is 12.8. The molecule has 6 nitrogen and oxygen atoms in total. The van der Waals surface area contributed by atoms with Crippen LogP contribution < -0.4 is 9.47 Å². The summed E-state index contributed by atoms with van der Waals surface area (Å²) in [7, 11) is 1.44. The Hall–Kier alpha value is -1.51. The molecule has 0 aliphatic rings. The second-order valence-electron chi connectivity index (χ2n) is 2.96. The van der Waals surface area contributed by atoms with Crippen molar-refractivity contribution in [3.05, 3.63) is 21.3 Å². The van der Waals surface area contributed by atoms with Crippen molar-refractivity contribution < 1.29 is 24.6 Å². The van der Waals surface area contributed by atoms with Crippen LogP contribution in [-0.2, 0) is 4.79 Å². The average Bonchev–Trinajstić information content (AvgIpc) is 2.27. The third-order valence-corrected chi connectivity index (χ3v) is 2.60. The third kappa shape index (κ3) is 3.77. The lowest BCUT2D eigenvalue weighted by Gasteiger charge is -2.11. The van der Waals surface area contributed by atoms with Crippen LogP contribution in [0.5, 0.6) is 11.5 Å². The van der Waals surface area contributed by atoms with Crippen molar-refractivity contribution in [2.24, 2.45) is 5.16 Å². The highest BCUT2D eigenvalue weighted by atomic mass is 127. The van der Waals surface area contributed by atoms with Gasteiger partial charge in [-0.3, -0.25) is 0 Å². The number of benzene rings is 1. The molecule has 0 atom stereocenters. The summed E-state index contributed by atoms with van der Waals surface area (Å²) < 4.78 is 10.9. The molecule has 2 N–H and O–H groups in total. The maximum Gasteiger partial charge on any atom is 0.341 e. The number of rotatable bonds is 5. The molecule has 0 saturated carbocycles. The Morgan fingerprint density at radius 2 is 2.29 bits per heavy atom. The lowest BCUT2D eigenvalue weighted by atomic mass is 10.2. The highest BCUT2D eigenvalue weighted by molar-refractivity contribution is 14.1. The number of hydrogen-bond acceptors (Lipinski definition) is 5. The number of oxime groups is 1. The van der Waals surface area contributed by atoms with Crippen molar-refractivity contribution in [1.82, 2.24) is 0 Å². The van der Waals surface area contributed by atoms with E-state index in [2.05, 4.69) is 5.16 Å². The van der Waals surface area contributed by atoms with Crippen LogP contribution in [0, 0.1) is 3.57 Å². The van der Waals surface area contributed by atoms with Gasteiger partial charge in [-0.05, 0) is 34.7 Å². The summed E-state index contributed by atoms with van der Waals surface area (Å²) in [5.74, 6) is -0.331. The lowest BCUT2D eigenvalue weighted by molar-refractivity contribution is -0.139. The maximum absolute atomic E-state index is 10.4. The third-order valence-electron chi connectivity index (χ3n) is 1.80. The van der Waals surface area contributed by atoms with E-state index in [0.717, 1.165) is 0 Å². The minimum absolute atomic E-state index is 0.352. The van der Waals surface area contributed by atoms with Gasteiger partial charge in [0, 0.05) is 5.56 Å². The second kappa shape index (κ2) is 6.28. The van der Waals surface area contributed by atoms with E-state index in [1.165, 1.54) is 13.3 Å². The van der Waals surface area contributed by atoms with Crippen molar-refractivity contribution >= 4 is 34.8 Å². The Bertz CT molecular complexity index is 447. The maximum atomic E-state index is 10.4. The Morgan fingerprint density at radius 1 is 1.59 bits per heavy atom. The first-order valence-electron chi connectivity index (χ1n) is 4.48. The summed E-state index contributed by atoms with van der Waals surface area (Å²) in [6, 6.07) is 3.26. The second-order valence-corrected chi connectivity index (χ2v) is 4.12.